The Hall–Kier alpha value is -2.24. The Kier molecular flexibility index (Phi) is 4.14. The van der Waals surface area contributed by atoms with E-state index in [2.05, 4.69) is 19.5 Å². The van der Waals surface area contributed by atoms with Gasteiger partial charge in [-0.05, 0) is 12.2 Å². The molecule has 0 aromatic rings. The lowest BCUT2D eigenvalue weighted by atomic mass is 10.1. The molecule has 0 aliphatic heterocycles. The van der Waals surface area contributed by atoms with Gasteiger partial charge in [0, 0.05) is 0 Å². The van der Waals surface area contributed by atoms with Crippen molar-refractivity contribution in [1.82, 2.24) is 0 Å². The highest BCUT2D eigenvalue weighted by atomic mass is 16.5. The van der Waals surface area contributed by atoms with Crippen molar-refractivity contribution in [2.45, 2.75) is 0 Å². The minimum atomic E-state index is -0.757. The van der Waals surface area contributed by atoms with Crippen LogP contribution in [0.3, 0.4) is 0 Å². The van der Waals surface area contributed by atoms with Crippen LogP contribution in [0.4, 0.5) is 9.59 Å². The summed E-state index contributed by atoms with van der Waals surface area (Å²) in [4.78, 5) is 29.1. The number of rotatable bonds is 0. The van der Waals surface area contributed by atoms with Crippen LogP contribution in [0, 0.1) is 0 Å². The van der Waals surface area contributed by atoms with E-state index in [1.54, 1.807) is 24.3 Å². The highest BCUT2D eigenvalue weighted by Gasteiger charge is 2.10. The molecule has 0 aromatic heterocycles. The molecule has 0 spiro atoms. The van der Waals surface area contributed by atoms with Crippen molar-refractivity contribution >= 4 is 23.6 Å². The average molecular weight is 222 g/mol. The number of methoxy groups -OCH3 is 2. The SMILES string of the molecule is COC(=O)N=C1C=CC=CC1=NC(=O)OC. The second kappa shape index (κ2) is 5.59. The van der Waals surface area contributed by atoms with E-state index in [-0.39, 0.29) is 11.4 Å². The molecule has 16 heavy (non-hydrogen) atoms. The number of hydrogen-bond acceptors (Lipinski definition) is 4. The second-order valence-electron chi connectivity index (χ2n) is 2.65. The fraction of sp³-hybridized carbons (Fsp3) is 0.200. The van der Waals surface area contributed by atoms with Gasteiger partial charge in [0.25, 0.3) is 0 Å². The summed E-state index contributed by atoms with van der Waals surface area (Å²) in [5.74, 6) is 0. The Balaban J connectivity index is 2.98. The summed E-state index contributed by atoms with van der Waals surface area (Å²) in [5, 5.41) is 0. The molecule has 6 heteroatoms. The van der Waals surface area contributed by atoms with Crippen LogP contribution in [-0.2, 0) is 9.47 Å². The van der Waals surface area contributed by atoms with Gasteiger partial charge >= 0.3 is 12.2 Å². The zero-order valence-corrected chi connectivity index (χ0v) is 8.84. The first kappa shape index (κ1) is 11.8. The summed E-state index contributed by atoms with van der Waals surface area (Å²) in [7, 11) is 2.43. The van der Waals surface area contributed by atoms with Crippen LogP contribution in [-0.4, -0.2) is 37.8 Å². The number of nitrogens with zero attached hydrogens (tertiary/aromatic N) is 2. The van der Waals surface area contributed by atoms with Gasteiger partial charge in [0.1, 0.15) is 0 Å². The number of hydrogen-bond donors (Lipinski definition) is 0. The van der Waals surface area contributed by atoms with E-state index in [1.165, 1.54) is 14.2 Å². The van der Waals surface area contributed by atoms with Gasteiger partial charge in [-0.1, -0.05) is 12.2 Å². The number of carbonyl (C=O) groups is 2. The monoisotopic (exact) mass is 222 g/mol. The molecule has 1 aliphatic carbocycles. The van der Waals surface area contributed by atoms with E-state index in [0.29, 0.717) is 0 Å². The van der Waals surface area contributed by atoms with Gasteiger partial charge < -0.3 is 9.47 Å². The van der Waals surface area contributed by atoms with Crippen molar-refractivity contribution in [3.8, 4) is 0 Å². The van der Waals surface area contributed by atoms with Crippen molar-refractivity contribution in [1.29, 1.82) is 0 Å². The first-order valence-corrected chi connectivity index (χ1v) is 4.35. The Morgan fingerprint density at radius 2 is 1.31 bits per heavy atom. The highest BCUT2D eigenvalue weighted by Crippen LogP contribution is 2.01. The molecule has 0 fully saturated rings. The summed E-state index contributed by atoms with van der Waals surface area (Å²) in [6.07, 6.45) is 4.90. The topological polar surface area (TPSA) is 77.3 Å². The normalized spacial score (nSPS) is 18.9. The van der Waals surface area contributed by atoms with Crippen LogP contribution >= 0.6 is 0 Å². The number of carbonyl (C=O) groups excluding carboxylic acids is 2. The van der Waals surface area contributed by atoms with Gasteiger partial charge in [0.05, 0.1) is 25.6 Å². The number of allylic oxidation sites excluding steroid dienone is 4. The second-order valence-corrected chi connectivity index (χ2v) is 2.65. The van der Waals surface area contributed by atoms with Crippen LogP contribution < -0.4 is 0 Å². The molecule has 0 aromatic carbocycles. The maximum absolute atomic E-state index is 10.9. The molecule has 0 atom stereocenters. The summed E-state index contributed by atoms with van der Waals surface area (Å²) in [6, 6.07) is 0. The van der Waals surface area contributed by atoms with E-state index in [0.717, 1.165) is 0 Å². The largest absolute Gasteiger partial charge is 0.451 e. The molecule has 0 N–H and O–H groups in total. The molecule has 0 heterocycles. The standard InChI is InChI=1S/C10H10N2O4/c1-15-9(13)11-7-5-3-4-6-8(7)12-10(14)16-2/h3-6H,1-2H3. The Morgan fingerprint density at radius 3 is 1.62 bits per heavy atom. The third kappa shape index (κ3) is 3.16. The van der Waals surface area contributed by atoms with Gasteiger partial charge in [0.15, 0.2) is 0 Å². The summed E-state index contributed by atoms with van der Waals surface area (Å²) in [6.45, 7) is 0. The summed E-state index contributed by atoms with van der Waals surface area (Å²) >= 11 is 0. The zero-order valence-electron chi connectivity index (χ0n) is 8.84. The minimum Gasteiger partial charge on any atom is -0.451 e. The van der Waals surface area contributed by atoms with E-state index in [4.69, 9.17) is 0 Å². The predicted molar refractivity (Wildman–Crippen MR) is 58.0 cm³/mol. The number of aliphatic imine (C=N–C) groups is 2. The predicted octanol–water partition coefficient (Wildman–Crippen LogP) is 1.53. The van der Waals surface area contributed by atoms with Crippen LogP contribution in [0.1, 0.15) is 0 Å². The first-order valence-electron chi connectivity index (χ1n) is 4.35. The fourth-order valence-corrected chi connectivity index (χ4v) is 0.941. The van der Waals surface area contributed by atoms with Crippen molar-refractivity contribution in [2.75, 3.05) is 14.2 Å². The summed E-state index contributed by atoms with van der Waals surface area (Å²) < 4.78 is 8.75. The van der Waals surface area contributed by atoms with Gasteiger partial charge in [-0.2, -0.15) is 9.98 Å². The minimum absolute atomic E-state index is 0.250. The molecule has 1 rings (SSSR count). The van der Waals surface area contributed by atoms with E-state index >= 15 is 0 Å². The highest BCUT2D eigenvalue weighted by molar-refractivity contribution is 6.52. The van der Waals surface area contributed by atoms with Gasteiger partial charge in [-0.25, -0.2) is 9.59 Å². The molecule has 0 radical (unpaired) electrons. The Bertz CT molecular complexity index is 379. The Morgan fingerprint density at radius 1 is 0.938 bits per heavy atom. The molecule has 84 valence electrons. The van der Waals surface area contributed by atoms with Gasteiger partial charge in [0.2, 0.25) is 0 Å². The van der Waals surface area contributed by atoms with Crippen molar-refractivity contribution < 1.29 is 19.1 Å². The molecular formula is C10H10N2O4. The van der Waals surface area contributed by atoms with Gasteiger partial charge in [-0.3, -0.25) is 0 Å². The van der Waals surface area contributed by atoms with E-state index in [1.807, 2.05) is 0 Å². The first-order chi connectivity index (χ1) is 7.67. The van der Waals surface area contributed by atoms with Crippen LogP contribution in [0.15, 0.2) is 34.3 Å². The van der Waals surface area contributed by atoms with E-state index in [9.17, 15) is 9.59 Å². The third-order valence-electron chi connectivity index (χ3n) is 1.65. The lowest BCUT2D eigenvalue weighted by molar-refractivity contribution is 0.181. The van der Waals surface area contributed by atoms with Crippen LogP contribution in [0.25, 0.3) is 0 Å². The maximum atomic E-state index is 10.9. The summed E-state index contributed by atoms with van der Waals surface area (Å²) in [5.41, 5.74) is 0.500. The lowest BCUT2D eigenvalue weighted by Crippen LogP contribution is -2.15. The fourth-order valence-electron chi connectivity index (χ4n) is 0.941. The number of amides is 2. The van der Waals surface area contributed by atoms with Gasteiger partial charge in [-0.15, -0.1) is 0 Å². The average Bonchev–Trinajstić information content (AvgIpc) is 2.31. The maximum Gasteiger partial charge on any atom is 0.433 e. The third-order valence-corrected chi connectivity index (χ3v) is 1.65. The molecule has 6 nitrogen and oxygen atoms in total. The quantitative estimate of drug-likeness (QED) is 0.582. The molecule has 1 aliphatic rings. The van der Waals surface area contributed by atoms with Crippen molar-refractivity contribution in [2.24, 2.45) is 9.98 Å². The molecule has 0 saturated heterocycles. The molecule has 0 bridgehead atoms. The van der Waals surface area contributed by atoms with Crippen LogP contribution in [0.5, 0.6) is 0 Å². The molecule has 2 amide bonds. The molecular weight excluding hydrogens is 212 g/mol. The number of ether oxygens (including phenoxy) is 2. The molecule has 0 unspecified atom stereocenters. The molecule has 0 saturated carbocycles. The smallest absolute Gasteiger partial charge is 0.433 e. The zero-order chi connectivity index (χ0) is 12.0. The van der Waals surface area contributed by atoms with Crippen molar-refractivity contribution in [3.63, 3.8) is 0 Å². The van der Waals surface area contributed by atoms with E-state index < -0.39 is 12.2 Å². The van der Waals surface area contributed by atoms with Crippen LogP contribution in [0.2, 0.25) is 0 Å². The Labute approximate surface area is 92.0 Å². The van der Waals surface area contributed by atoms with Crippen molar-refractivity contribution in [3.05, 3.63) is 24.3 Å². The lowest BCUT2D eigenvalue weighted by Gasteiger charge is -2.03.